The van der Waals surface area contributed by atoms with Crippen LogP contribution in [0.25, 0.3) is 0 Å². The summed E-state index contributed by atoms with van der Waals surface area (Å²) in [5.41, 5.74) is 1.13. The number of hydrogen-bond donors (Lipinski definition) is 1. The van der Waals surface area contributed by atoms with Crippen molar-refractivity contribution in [3.05, 3.63) is 68.3 Å². The van der Waals surface area contributed by atoms with Crippen molar-refractivity contribution < 1.29 is 4.74 Å². The molecule has 2 aromatic heterocycles. The van der Waals surface area contributed by atoms with E-state index in [1.807, 2.05) is 41.9 Å². The van der Waals surface area contributed by atoms with E-state index < -0.39 is 0 Å². The number of ether oxygens (including phenoxy) is 1. The topological polar surface area (TPSA) is 94.8 Å². The number of nitrogens with one attached hydrogen (secondary N) is 1. The van der Waals surface area contributed by atoms with E-state index in [0.29, 0.717) is 13.0 Å². The largest absolute Gasteiger partial charge is 0.486 e. The summed E-state index contributed by atoms with van der Waals surface area (Å²) in [4.78, 5) is 29.0. The van der Waals surface area contributed by atoms with Crippen LogP contribution in [0.5, 0.6) is 5.75 Å². The highest BCUT2D eigenvalue weighted by Crippen LogP contribution is 2.42. The fourth-order valence-electron chi connectivity index (χ4n) is 4.69. The quantitative estimate of drug-likeness (QED) is 0.614. The molecule has 9 heteroatoms. The number of aromatic nitrogens is 5. The first-order valence-corrected chi connectivity index (χ1v) is 12.1. The van der Waals surface area contributed by atoms with Gasteiger partial charge in [-0.05, 0) is 37.8 Å². The van der Waals surface area contributed by atoms with E-state index in [9.17, 15) is 9.59 Å². The van der Waals surface area contributed by atoms with Crippen LogP contribution in [0.2, 0.25) is 0 Å². The van der Waals surface area contributed by atoms with Crippen molar-refractivity contribution >= 4 is 11.8 Å². The number of rotatable bonds is 6. The molecule has 0 bridgehead atoms. The first-order chi connectivity index (χ1) is 15.6. The van der Waals surface area contributed by atoms with Gasteiger partial charge in [0.1, 0.15) is 12.4 Å². The van der Waals surface area contributed by atoms with Gasteiger partial charge < -0.3 is 14.3 Å². The van der Waals surface area contributed by atoms with Crippen LogP contribution in [-0.4, -0.2) is 24.3 Å². The molecule has 0 spiro atoms. The summed E-state index contributed by atoms with van der Waals surface area (Å²) < 4.78 is 9.18. The van der Waals surface area contributed by atoms with Gasteiger partial charge >= 0.3 is 5.69 Å². The SMILES string of the molecule is Cn1c(COc2ccccc2)nnc1SC1CCc2c1[nH]c(=O)n(C1CCCCC1)c2=O. The van der Waals surface area contributed by atoms with Crippen LogP contribution in [0.3, 0.4) is 0 Å². The highest BCUT2D eigenvalue weighted by Gasteiger charge is 2.31. The summed E-state index contributed by atoms with van der Waals surface area (Å²) in [5, 5.41) is 9.32. The number of aromatic amines is 1. The van der Waals surface area contributed by atoms with Crippen LogP contribution < -0.4 is 16.0 Å². The first-order valence-electron chi connectivity index (χ1n) is 11.2. The molecule has 0 radical (unpaired) electrons. The third kappa shape index (κ3) is 4.01. The molecular weight excluding hydrogens is 426 g/mol. The smallest absolute Gasteiger partial charge is 0.328 e. The van der Waals surface area contributed by atoms with Crippen molar-refractivity contribution in [3.63, 3.8) is 0 Å². The van der Waals surface area contributed by atoms with Gasteiger partial charge in [-0.1, -0.05) is 49.2 Å². The zero-order valence-electron chi connectivity index (χ0n) is 18.1. The second-order valence-corrected chi connectivity index (χ2v) is 9.66. The molecule has 1 unspecified atom stereocenters. The number of benzene rings is 1. The van der Waals surface area contributed by atoms with Crippen LogP contribution >= 0.6 is 11.8 Å². The molecule has 2 aliphatic rings. The van der Waals surface area contributed by atoms with Gasteiger partial charge in [-0.3, -0.25) is 9.36 Å². The lowest BCUT2D eigenvalue weighted by Gasteiger charge is -2.23. The number of thioether (sulfide) groups is 1. The van der Waals surface area contributed by atoms with Crippen LogP contribution in [0.1, 0.15) is 66.9 Å². The van der Waals surface area contributed by atoms with E-state index in [2.05, 4.69) is 15.2 Å². The van der Waals surface area contributed by atoms with Crippen LogP contribution in [0.4, 0.5) is 0 Å². The van der Waals surface area contributed by atoms with Gasteiger partial charge in [-0.25, -0.2) is 4.79 Å². The molecule has 0 saturated heterocycles. The van der Waals surface area contributed by atoms with E-state index in [1.54, 1.807) is 0 Å². The van der Waals surface area contributed by atoms with Crippen molar-refractivity contribution in [2.24, 2.45) is 7.05 Å². The zero-order valence-corrected chi connectivity index (χ0v) is 18.9. The van der Waals surface area contributed by atoms with Gasteiger partial charge in [0, 0.05) is 24.3 Å². The zero-order chi connectivity index (χ0) is 22.1. The van der Waals surface area contributed by atoms with Crippen molar-refractivity contribution in [1.82, 2.24) is 24.3 Å². The molecule has 1 fully saturated rings. The Labute approximate surface area is 190 Å². The molecule has 2 aliphatic carbocycles. The lowest BCUT2D eigenvalue weighted by molar-refractivity contribution is 0.290. The van der Waals surface area contributed by atoms with E-state index >= 15 is 0 Å². The second kappa shape index (κ2) is 8.97. The minimum Gasteiger partial charge on any atom is -0.486 e. The number of nitrogens with zero attached hydrogens (tertiary/aromatic N) is 4. The van der Waals surface area contributed by atoms with Crippen molar-refractivity contribution in [1.29, 1.82) is 0 Å². The first kappa shape index (κ1) is 21.1. The van der Waals surface area contributed by atoms with E-state index in [0.717, 1.165) is 60.1 Å². The molecule has 168 valence electrons. The molecule has 5 rings (SSSR count). The maximum atomic E-state index is 13.2. The van der Waals surface area contributed by atoms with Gasteiger partial charge in [-0.2, -0.15) is 0 Å². The maximum Gasteiger partial charge on any atom is 0.328 e. The predicted molar refractivity (Wildman–Crippen MR) is 122 cm³/mol. The fraction of sp³-hybridized carbons (Fsp3) is 0.478. The monoisotopic (exact) mass is 453 g/mol. The molecule has 8 nitrogen and oxygen atoms in total. The summed E-state index contributed by atoms with van der Waals surface area (Å²) in [5.74, 6) is 1.50. The van der Waals surface area contributed by atoms with Crippen LogP contribution in [0, 0.1) is 0 Å². The second-order valence-electron chi connectivity index (χ2n) is 8.49. The molecular formula is C23H27N5O3S. The molecule has 0 aliphatic heterocycles. The van der Waals surface area contributed by atoms with E-state index in [-0.39, 0.29) is 22.5 Å². The highest BCUT2D eigenvalue weighted by atomic mass is 32.2. The molecule has 3 aromatic rings. The fourth-order valence-corrected chi connectivity index (χ4v) is 5.85. The Balaban J connectivity index is 1.34. The lowest BCUT2D eigenvalue weighted by atomic mass is 9.95. The molecule has 1 aromatic carbocycles. The third-order valence-electron chi connectivity index (χ3n) is 6.46. The Morgan fingerprint density at radius 1 is 1.09 bits per heavy atom. The Morgan fingerprint density at radius 2 is 1.88 bits per heavy atom. The Bertz CT molecular complexity index is 1210. The highest BCUT2D eigenvalue weighted by molar-refractivity contribution is 7.99. The third-order valence-corrected chi connectivity index (χ3v) is 7.79. The van der Waals surface area contributed by atoms with Crippen LogP contribution in [0.15, 0.2) is 45.1 Å². The minimum absolute atomic E-state index is 0.0165. The van der Waals surface area contributed by atoms with E-state index in [1.165, 1.54) is 22.7 Å². The van der Waals surface area contributed by atoms with E-state index in [4.69, 9.17) is 4.74 Å². The average molecular weight is 454 g/mol. The van der Waals surface area contributed by atoms with Crippen molar-refractivity contribution in [2.75, 3.05) is 0 Å². The number of H-pyrrole nitrogens is 1. The molecule has 1 atom stereocenters. The van der Waals surface area contributed by atoms with Gasteiger partial charge in [0.05, 0.1) is 5.25 Å². The van der Waals surface area contributed by atoms with Gasteiger partial charge in [0.25, 0.3) is 5.56 Å². The molecule has 1 N–H and O–H groups in total. The Hall–Kier alpha value is -2.81. The summed E-state index contributed by atoms with van der Waals surface area (Å²) in [6.45, 7) is 0.318. The van der Waals surface area contributed by atoms with Gasteiger partial charge in [0.15, 0.2) is 11.0 Å². The molecule has 1 saturated carbocycles. The van der Waals surface area contributed by atoms with Crippen molar-refractivity contribution in [2.45, 2.75) is 68.0 Å². The average Bonchev–Trinajstić information content (AvgIpc) is 3.37. The Kier molecular flexibility index (Phi) is 5.91. The molecule has 0 amide bonds. The van der Waals surface area contributed by atoms with Gasteiger partial charge in [-0.15, -0.1) is 10.2 Å². The predicted octanol–water partition coefficient (Wildman–Crippen LogP) is 3.53. The standard InChI is InChI=1S/C23H27N5O3S/c1-27-19(14-31-16-10-6-3-7-11-16)25-26-23(27)32-18-13-12-17-20(18)24-22(30)28(21(17)29)15-8-4-2-5-9-15/h3,6-7,10-11,15,18H,2,4-5,8-9,12-14H2,1H3,(H,24,30). The number of fused-ring (bicyclic) bond motifs is 1. The lowest BCUT2D eigenvalue weighted by Crippen LogP contribution is -2.41. The number of para-hydroxylation sites is 1. The van der Waals surface area contributed by atoms with Gasteiger partial charge in [0.2, 0.25) is 0 Å². The van der Waals surface area contributed by atoms with Crippen molar-refractivity contribution in [3.8, 4) is 5.75 Å². The molecule has 2 heterocycles. The number of hydrogen-bond acceptors (Lipinski definition) is 6. The molecule has 32 heavy (non-hydrogen) atoms. The normalized spacial score (nSPS) is 18.6. The Morgan fingerprint density at radius 3 is 2.66 bits per heavy atom. The summed E-state index contributed by atoms with van der Waals surface area (Å²) >= 11 is 1.54. The summed E-state index contributed by atoms with van der Waals surface area (Å²) in [6.07, 6.45) is 6.63. The summed E-state index contributed by atoms with van der Waals surface area (Å²) in [7, 11) is 1.91. The minimum atomic E-state index is -0.275. The maximum absolute atomic E-state index is 13.2. The van der Waals surface area contributed by atoms with Crippen LogP contribution in [-0.2, 0) is 20.1 Å². The summed E-state index contributed by atoms with van der Waals surface area (Å²) in [6, 6.07) is 9.62.